The van der Waals surface area contributed by atoms with Crippen molar-refractivity contribution < 1.29 is 4.39 Å². The molecule has 0 aliphatic rings. The third-order valence-electron chi connectivity index (χ3n) is 2.22. The van der Waals surface area contributed by atoms with Crippen molar-refractivity contribution in [2.75, 3.05) is 5.73 Å². The first kappa shape index (κ1) is 9.65. The molecule has 0 aliphatic carbocycles. The van der Waals surface area contributed by atoms with Crippen LogP contribution >= 0.6 is 0 Å². The molecule has 76 valence electrons. The van der Waals surface area contributed by atoms with Gasteiger partial charge in [-0.3, -0.25) is 0 Å². The first-order valence-corrected chi connectivity index (χ1v) is 4.65. The van der Waals surface area contributed by atoms with Crippen molar-refractivity contribution in [2.45, 2.75) is 6.92 Å². The SMILES string of the molecule is Cc1cccc(-c2cnc(N)c(F)c2)c1. The van der Waals surface area contributed by atoms with Crippen LogP contribution < -0.4 is 5.73 Å². The Morgan fingerprint density at radius 1 is 1.20 bits per heavy atom. The summed E-state index contributed by atoms with van der Waals surface area (Å²) in [5, 5.41) is 0. The fraction of sp³-hybridized carbons (Fsp3) is 0.0833. The second-order valence-corrected chi connectivity index (χ2v) is 3.46. The summed E-state index contributed by atoms with van der Waals surface area (Å²) in [4.78, 5) is 3.79. The Morgan fingerprint density at radius 2 is 2.00 bits per heavy atom. The van der Waals surface area contributed by atoms with Crippen molar-refractivity contribution >= 4 is 5.82 Å². The number of hydrogen-bond acceptors (Lipinski definition) is 2. The predicted octanol–water partition coefficient (Wildman–Crippen LogP) is 2.78. The quantitative estimate of drug-likeness (QED) is 0.772. The first-order chi connectivity index (χ1) is 7.16. The summed E-state index contributed by atoms with van der Waals surface area (Å²) in [7, 11) is 0. The fourth-order valence-electron chi connectivity index (χ4n) is 1.43. The minimum Gasteiger partial charge on any atom is -0.381 e. The second-order valence-electron chi connectivity index (χ2n) is 3.46. The fourth-order valence-corrected chi connectivity index (χ4v) is 1.43. The highest BCUT2D eigenvalue weighted by Crippen LogP contribution is 2.21. The van der Waals surface area contributed by atoms with Gasteiger partial charge in [-0.25, -0.2) is 9.37 Å². The van der Waals surface area contributed by atoms with Gasteiger partial charge in [0.05, 0.1) is 0 Å². The smallest absolute Gasteiger partial charge is 0.165 e. The number of nitrogens with zero attached hydrogens (tertiary/aromatic N) is 1. The van der Waals surface area contributed by atoms with Crippen LogP contribution in [0.3, 0.4) is 0 Å². The zero-order valence-electron chi connectivity index (χ0n) is 8.37. The van der Waals surface area contributed by atoms with Crippen LogP contribution in [0.2, 0.25) is 0 Å². The monoisotopic (exact) mass is 202 g/mol. The summed E-state index contributed by atoms with van der Waals surface area (Å²) in [6.45, 7) is 1.99. The van der Waals surface area contributed by atoms with Crippen LogP contribution in [0.5, 0.6) is 0 Å². The van der Waals surface area contributed by atoms with Gasteiger partial charge in [0.1, 0.15) is 0 Å². The van der Waals surface area contributed by atoms with E-state index in [0.717, 1.165) is 16.7 Å². The van der Waals surface area contributed by atoms with Gasteiger partial charge in [-0.15, -0.1) is 0 Å². The van der Waals surface area contributed by atoms with Gasteiger partial charge in [-0.1, -0.05) is 29.8 Å². The second kappa shape index (κ2) is 3.69. The zero-order valence-corrected chi connectivity index (χ0v) is 8.37. The summed E-state index contributed by atoms with van der Waals surface area (Å²) in [5.41, 5.74) is 8.13. The lowest BCUT2D eigenvalue weighted by atomic mass is 10.1. The van der Waals surface area contributed by atoms with Crippen molar-refractivity contribution in [3.8, 4) is 11.1 Å². The molecule has 0 fully saturated rings. The summed E-state index contributed by atoms with van der Waals surface area (Å²) >= 11 is 0. The third-order valence-corrected chi connectivity index (χ3v) is 2.22. The summed E-state index contributed by atoms with van der Waals surface area (Å²) < 4.78 is 13.2. The molecular weight excluding hydrogens is 191 g/mol. The maximum Gasteiger partial charge on any atom is 0.165 e. The Balaban J connectivity index is 2.50. The van der Waals surface area contributed by atoms with Gasteiger partial charge >= 0.3 is 0 Å². The van der Waals surface area contributed by atoms with Crippen molar-refractivity contribution in [1.29, 1.82) is 0 Å². The minimum atomic E-state index is -0.478. The van der Waals surface area contributed by atoms with Crippen LogP contribution in [-0.2, 0) is 0 Å². The van der Waals surface area contributed by atoms with Crippen LogP contribution in [0.4, 0.5) is 10.2 Å². The Morgan fingerprint density at radius 3 is 2.67 bits per heavy atom. The van der Waals surface area contributed by atoms with Crippen LogP contribution in [0.25, 0.3) is 11.1 Å². The lowest BCUT2D eigenvalue weighted by Crippen LogP contribution is -1.94. The Bertz CT molecular complexity index is 495. The number of nitrogen functional groups attached to an aromatic ring is 1. The van der Waals surface area contributed by atoms with Gasteiger partial charge in [0.25, 0.3) is 0 Å². The van der Waals surface area contributed by atoms with E-state index >= 15 is 0 Å². The van der Waals surface area contributed by atoms with E-state index in [9.17, 15) is 4.39 Å². The maximum absolute atomic E-state index is 13.2. The molecule has 2 aromatic rings. The summed E-state index contributed by atoms with van der Waals surface area (Å²) in [5.74, 6) is -0.541. The molecular formula is C12H11FN2. The Kier molecular flexibility index (Phi) is 2.37. The average molecular weight is 202 g/mol. The van der Waals surface area contributed by atoms with Gasteiger partial charge < -0.3 is 5.73 Å². The molecule has 0 unspecified atom stereocenters. The number of nitrogens with two attached hydrogens (primary N) is 1. The molecule has 0 spiro atoms. The number of benzene rings is 1. The minimum absolute atomic E-state index is 0.0635. The van der Waals surface area contributed by atoms with Crippen LogP contribution in [-0.4, -0.2) is 4.98 Å². The van der Waals surface area contributed by atoms with E-state index in [1.54, 1.807) is 6.20 Å². The molecule has 0 saturated heterocycles. The molecule has 0 aliphatic heterocycles. The average Bonchev–Trinajstić information content (AvgIpc) is 2.22. The van der Waals surface area contributed by atoms with Crippen molar-refractivity contribution in [3.05, 3.63) is 47.9 Å². The van der Waals surface area contributed by atoms with Crippen LogP contribution in [0.15, 0.2) is 36.5 Å². The number of hydrogen-bond donors (Lipinski definition) is 1. The van der Waals surface area contributed by atoms with Gasteiger partial charge in [-0.2, -0.15) is 0 Å². The third kappa shape index (κ3) is 1.96. The molecule has 1 aromatic carbocycles. The predicted molar refractivity (Wildman–Crippen MR) is 58.8 cm³/mol. The van der Waals surface area contributed by atoms with E-state index < -0.39 is 5.82 Å². The molecule has 0 saturated carbocycles. The molecule has 2 N–H and O–H groups in total. The standard InChI is InChI=1S/C12H11FN2/c1-8-3-2-4-9(5-8)10-6-11(13)12(14)15-7-10/h2-7H,1H3,(H2,14,15). The number of rotatable bonds is 1. The molecule has 0 amide bonds. The lowest BCUT2D eigenvalue weighted by Gasteiger charge is -2.03. The van der Waals surface area contributed by atoms with Gasteiger partial charge in [0.2, 0.25) is 0 Å². The number of anilines is 1. The highest BCUT2D eigenvalue weighted by atomic mass is 19.1. The lowest BCUT2D eigenvalue weighted by molar-refractivity contribution is 0.628. The van der Waals surface area contributed by atoms with Crippen LogP contribution in [0.1, 0.15) is 5.56 Å². The van der Waals surface area contributed by atoms with Gasteiger partial charge in [0.15, 0.2) is 11.6 Å². The van der Waals surface area contributed by atoms with Gasteiger partial charge in [-0.05, 0) is 18.6 Å². The van der Waals surface area contributed by atoms with E-state index in [1.807, 2.05) is 31.2 Å². The molecule has 15 heavy (non-hydrogen) atoms. The Hall–Kier alpha value is -1.90. The number of halogens is 1. The Labute approximate surface area is 87.6 Å². The van der Waals surface area contributed by atoms with E-state index in [1.165, 1.54) is 6.07 Å². The topological polar surface area (TPSA) is 38.9 Å². The van der Waals surface area contributed by atoms with E-state index in [-0.39, 0.29) is 5.82 Å². The summed E-state index contributed by atoms with van der Waals surface area (Å²) in [6.07, 6.45) is 1.58. The number of aryl methyl sites for hydroxylation is 1. The van der Waals surface area contributed by atoms with E-state index in [0.29, 0.717) is 0 Å². The largest absolute Gasteiger partial charge is 0.381 e. The normalized spacial score (nSPS) is 10.3. The molecule has 0 atom stereocenters. The van der Waals surface area contributed by atoms with Crippen molar-refractivity contribution in [2.24, 2.45) is 0 Å². The molecule has 1 aromatic heterocycles. The number of pyridine rings is 1. The summed E-state index contributed by atoms with van der Waals surface area (Å²) in [6, 6.07) is 9.22. The van der Waals surface area contributed by atoms with Gasteiger partial charge in [0, 0.05) is 11.8 Å². The highest BCUT2D eigenvalue weighted by Gasteiger charge is 2.03. The van der Waals surface area contributed by atoms with Crippen molar-refractivity contribution in [3.63, 3.8) is 0 Å². The molecule has 3 heteroatoms. The van der Waals surface area contributed by atoms with Crippen LogP contribution in [0, 0.1) is 12.7 Å². The van der Waals surface area contributed by atoms with Crippen molar-refractivity contribution in [1.82, 2.24) is 4.98 Å². The number of aromatic nitrogens is 1. The molecule has 0 radical (unpaired) electrons. The molecule has 1 heterocycles. The maximum atomic E-state index is 13.2. The van der Waals surface area contributed by atoms with E-state index in [2.05, 4.69) is 4.98 Å². The molecule has 0 bridgehead atoms. The first-order valence-electron chi connectivity index (χ1n) is 4.65. The molecule has 2 nitrogen and oxygen atoms in total. The highest BCUT2D eigenvalue weighted by molar-refractivity contribution is 5.64. The molecule has 2 rings (SSSR count). The van der Waals surface area contributed by atoms with E-state index in [4.69, 9.17) is 5.73 Å². The zero-order chi connectivity index (χ0) is 10.8.